The quantitative estimate of drug-likeness (QED) is 0.288. The second-order valence-electron chi connectivity index (χ2n) is 9.02. The van der Waals surface area contributed by atoms with Crippen molar-refractivity contribution < 1.29 is 32.6 Å². The molecule has 0 saturated heterocycles. The summed E-state index contributed by atoms with van der Waals surface area (Å²) in [5, 5.41) is 13.7. The molecule has 0 amide bonds. The number of nitrogens with zero attached hydrogens (tertiary/aromatic N) is 1. The molecule has 1 unspecified atom stereocenters. The molecule has 1 saturated carbocycles. The van der Waals surface area contributed by atoms with Crippen LogP contribution in [0.4, 0.5) is 13.2 Å². The topological polar surface area (TPSA) is 68.1 Å². The standard InChI is InChI=1S/C27H32F3NO4/c1-3-24(26(32)33)35-25-14-11-20(15-18(25)2)16-23(21-7-5-4-6-8-21)31-34-17-19-9-12-22(13-10-19)27(28,29)30/h9-15,21,24H,3-8,16-17H2,1-2H3,(H,32,33). The number of oxime groups is 1. The largest absolute Gasteiger partial charge is 0.479 e. The number of aliphatic carboxylic acids is 1. The molecule has 190 valence electrons. The Morgan fingerprint density at radius 2 is 1.74 bits per heavy atom. The van der Waals surface area contributed by atoms with Gasteiger partial charge in [0.15, 0.2) is 6.10 Å². The van der Waals surface area contributed by atoms with Gasteiger partial charge >= 0.3 is 12.1 Å². The number of ether oxygens (including phenoxy) is 1. The lowest BCUT2D eigenvalue weighted by molar-refractivity contribution is -0.145. The summed E-state index contributed by atoms with van der Waals surface area (Å²) in [7, 11) is 0. The Labute approximate surface area is 203 Å². The van der Waals surface area contributed by atoms with E-state index in [9.17, 15) is 23.1 Å². The van der Waals surface area contributed by atoms with Crippen molar-refractivity contribution in [3.05, 3.63) is 64.7 Å². The Kier molecular flexibility index (Phi) is 9.18. The molecule has 2 aromatic carbocycles. The van der Waals surface area contributed by atoms with Gasteiger partial charge in [0.05, 0.1) is 11.3 Å². The Bertz CT molecular complexity index is 1010. The molecule has 3 rings (SSSR count). The van der Waals surface area contributed by atoms with Crippen LogP contribution in [0.1, 0.15) is 67.7 Å². The highest BCUT2D eigenvalue weighted by molar-refractivity contribution is 5.88. The number of carboxylic acid groups (broad SMARTS) is 1. The summed E-state index contributed by atoms with van der Waals surface area (Å²) in [5.74, 6) is -0.158. The van der Waals surface area contributed by atoms with E-state index in [0.717, 1.165) is 54.7 Å². The third-order valence-corrected chi connectivity index (χ3v) is 6.31. The van der Waals surface area contributed by atoms with Gasteiger partial charge in [-0.2, -0.15) is 13.2 Å². The fourth-order valence-electron chi connectivity index (χ4n) is 4.29. The van der Waals surface area contributed by atoms with Gasteiger partial charge in [-0.25, -0.2) is 4.79 Å². The van der Waals surface area contributed by atoms with Gasteiger partial charge < -0.3 is 14.7 Å². The van der Waals surface area contributed by atoms with Gasteiger partial charge in [-0.05, 0) is 61.1 Å². The lowest BCUT2D eigenvalue weighted by Gasteiger charge is -2.23. The molecule has 0 radical (unpaired) electrons. The summed E-state index contributed by atoms with van der Waals surface area (Å²) in [6.07, 6.45) is 1.19. The van der Waals surface area contributed by atoms with Crippen LogP contribution in [-0.4, -0.2) is 22.9 Å². The summed E-state index contributed by atoms with van der Waals surface area (Å²) >= 11 is 0. The van der Waals surface area contributed by atoms with Crippen LogP contribution >= 0.6 is 0 Å². The fourth-order valence-corrected chi connectivity index (χ4v) is 4.29. The molecular weight excluding hydrogens is 459 g/mol. The predicted octanol–water partition coefficient (Wildman–Crippen LogP) is 6.95. The summed E-state index contributed by atoms with van der Waals surface area (Å²) < 4.78 is 44.0. The van der Waals surface area contributed by atoms with Gasteiger partial charge in [0.2, 0.25) is 0 Å². The zero-order valence-electron chi connectivity index (χ0n) is 20.1. The number of rotatable bonds is 10. The predicted molar refractivity (Wildman–Crippen MR) is 127 cm³/mol. The van der Waals surface area contributed by atoms with E-state index in [1.165, 1.54) is 18.6 Å². The van der Waals surface area contributed by atoms with Crippen LogP contribution in [-0.2, 0) is 28.8 Å². The molecule has 0 aliphatic heterocycles. The third-order valence-electron chi connectivity index (χ3n) is 6.31. The molecule has 1 fully saturated rings. The van der Waals surface area contributed by atoms with Crippen LogP contribution in [0.5, 0.6) is 5.75 Å². The van der Waals surface area contributed by atoms with Gasteiger partial charge in [0, 0.05) is 12.3 Å². The van der Waals surface area contributed by atoms with Crippen LogP contribution in [0.2, 0.25) is 0 Å². The van der Waals surface area contributed by atoms with E-state index in [-0.39, 0.29) is 6.61 Å². The van der Waals surface area contributed by atoms with Crippen LogP contribution in [0, 0.1) is 12.8 Å². The van der Waals surface area contributed by atoms with Crippen LogP contribution in [0.3, 0.4) is 0 Å². The zero-order chi connectivity index (χ0) is 25.4. The molecule has 1 aliphatic rings. The maximum absolute atomic E-state index is 12.8. The maximum atomic E-state index is 12.8. The molecule has 2 aromatic rings. The van der Waals surface area contributed by atoms with E-state index in [1.807, 2.05) is 19.1 Å². The van der Waals surface area contributed by atoms with Crippen molar-refractivity contribution in [1.29, 1.82) is 0 Å². The molecule has 0 bridgehead atoms. The highest BCUT2D eigenvalue weighted by atomic mass is 19.4. The minimum Gasteiger partial charge on any atom is -0.479 e. The molecule has 1 aliphatic carbocycles. The third kappa shape index (κ3) is 7.73. The molecule has 0 heterocycles. The van der Waals surface area contributed by atoms with E-state index in [1.54, 1.807) is 13.0 Å². The molecular formula is C27H32F3NO4. The first-order chi connectivity index (χ1) is 16.7. The monoisotopic (exact) mass is 491 g/mol. The summed E-state index contributed by atoms with van der Waals surface area (Å²) in [5.41, 5.74) is 2.70. The van der Waals surface area contributed by atoms with Crippen molar-refractivity contribution in [3.8, 4) is 5.75 Å². The number of halogens is 3. The van der Waals surface area contributed by atoms with Gasteiger partial charge in [0.25, 0.3) is 0 Å². The van der Waals surface area contributed by atoms with E-state index in [4.69, 9.17) is 9.57 Å². The SMILES string of the molecule is CCC(Oc1ccc(CC(=NOCc2ccc(C(F)(F)F)cc2)C2CCCCC2)cc1C)C(=O)O. The molecule has 8 heteroatoms. The molecule has 1 atom stereocenters. The number of hydrogen-bond acceptors (Lipinski definition) is 4. The smallest absolute Gasteiger partial charge is 0.416 e. The van der Waals surface area contributed by atoms with Crippen molar-refractivity contribution in [2.24, 2.45) is 11.1 Å². The summed E-state index contributed by atoms with van der Waals surface area (Å²) in [6.45, 7) is 3.74. The highest BCUT2D eigenvalue weighted by Gasteiger charge is 2.30. The summed E-state index contributed by atoms with van der Waals surface area (Å²) in [6, 6.07) is 10.6. The van der Waals surface area contributed by atoms with Crippen LogP contribution in [0.15, 0.2) is 47.6 Å². The van der Waals surface area contributed by atoms with E-state index >= 15 is 0 Å². The van der Waals surface area contributed by atoms with Crippen LogP contribution < -0.4 is 4.74 Å². The minimum absolute atomic E-state index is 0.0910. The first-order valence-corrected chi connectivity index (χ1v) is 12.0. The zero-order valence-corrected chi connectivity index (χ0v) is 20.1. The number of carboxylic acids is 1. The normalized spacial score (nSPS) is 16.1. The van der Waals surface area contributed by atoms with Crippen molar-refractivity contribution in [2.75, 3.05) is 0 Å². The molecule has 0 aromatic heterocycles. The van der Waals surface area contributed by atoms with E-state index in [0.29, 0.717) is 30.1 Å². The Hall–Kier alpha value is -3.03. The lowest BCUT2D eigenvalue weighted by atomic mass is 9.83. The van der Waals surface area contributed by atoms with Crippen molar-refractivity contribution in [1.82, 2.24) is 0 Å². The van der Waals surface area contributed by atoms with Gasteiger partial charge in [-0.1, -0.05) is 55.6 Å². The Morgan fingerprint density at radius 3 is 2.31 bits per heavy atom. The highest BCUT2D eigenvalue weighted by Crippen LogP contribution is 2.30. The van der Waals surface area contributed by atoms with Gasteiger partial charge in [-0.15, -0.1) is 0 Å². The number of hydrogen-bond donors (Lipinski definition) is 1. The number of aryl methyl sites for hydroxylation is 1. The first kappa shape index (κ1) is 26.6. The second kappa shape index (κ2) is 12.1. The van der Waals surface area contributed by atoms with Crippen molar-refractivity contribution in [2.45, 2.75) is 77.7 Å². The second-order valence-corrected chi connectivity index (χ2v) is 9.02. The number of carbonyl (C=O) groups is 1. The Morgan fingerprint density at radius 1 is 1.09 bits per heavy atom. The Balaban J connectivity index is 1.71. The van der Waals surface area contributed by atoms with E-state index in [2.05, 4.69) is 5.16 Å². The van der Waals surface area contributed by atoms with Crippen molar-refractivity contribution >= 4 is 11.7 Å². The average molecular weight is 492 g/mol. The fraction of sp³-hybridized carbons (Fsp3) is 0.481. The molecule has 1 N–H and O–H groups in total. The molecule has 35 heavy (non-hydrogen) atoms. The average Bonchev–Trinajstić information content (AvgIpc) is 2.83. The van der Waals surface area contributed by atoms with Gasteiger partial charge in [-0.3, -0.25) is 0 Å². The minimum atomic E-state index is -4.37. The number of benzene rings is 2. The van der Waals surface area contributed by atoms with Crippen LogP contribution in [0.25, 0.3) is 0 Å². The van der Waals surface area contributed by atoms with E-state index < -0.39 is 23.8 Å². The summed E-state index contributed by atoms with van der Waals surface area (Å²) in [4.78, 5) is 16.9. The molecule has 0 spiro atoms. The van der Waals surface area contributed by atoms with Gasteiger partial charge in [0.1, 0.15) is 12.4 Å². The number of alkyl halides is 3. The first-order valence-electron chi connectivity index (χ1n) is 12.0. The lowest BCUT2D eigenvalue weighted by Crippen LogP contribution is -2.26. The van der Waals surface area contributed by atoms with Crippen molar-refractivity contribution in [3.63, 3.8) is 0 Å². The molecule has 5 nitrogen and oxygen atoms in total. The maximum Gasteiger partial charge on any atom is 0.416 e.